The van der Waals surface area contributed by atoms with Crippen molar-refractivity contribution in [2.75, 3.05) is 14.2 Å². The smallest absolute Gasteiger partial charge is 0.156 e. The summed E-state index contributed by atoms with van der Waals surface area (Å²) >= 11 is 0. The maximum atomic E-state index is 11.5. The monoisotopic (exact) mass is 320 g/mol. The molecule has 2 aromatic carbocycles. The van der Waals surface area contributed by atoms with E-state index in [-0.39, 0.29) is 5.78 Å². The van der Waals surface area contributed by atoms with Crippen LogP contribution in [0.4, 0.5) is 0 Å². The maximum Gasteiger partial charge on any atom is 0.156 e. The molecule has 3 nitrogen and oxygen atoms in total. The van der Waals surface area contributed by atoms with E-state index in [9.17, 15) is 4.79 Å². The summed E-state index contributed by atoms with van der Waals surface area (Å²) in [5, 5.41) is 0. The van der Waals surface area contributed by atoms with Crippen molar-refractivity contribution in [3.63, 3.8) is 0 Å². The number of ether oxygens (including phenoxy) is 2. The van der Waals surface area contributed by atoms with Gasteiger partial charge in [0.15, 0.2) is 5.78 Å². The minimum Gasteiger partial charge on any atom is -0.497 e. The molecule has 0 aliphatic heterocycles. The van der Waals surface area contributed by atoms with Crippen LogP contribution in [0.1, 0.15) is 24.0 Å². The molecule has 3 rings (SSSR count). The number of methoxy groups -OCH3 is 2. The zero-order valence-electron chi connectivity index (χ0n) is 13.9. The Hall–Kier alpha value is -2.81. The van der Waals surface area contributed by atoms with Crippen molar-refractivity contribution in [1.29, 1.82) is 0 Å². The molecule has 0 amide bonds. The Labute approximate surface area is 142 Å². The third-order valence-electron chi connectivity index (χ3n) is 4.19. The Morgan fingerprint density at radius 3 is 1.62 bits per heavy atom. The van der Waals surface area contributed by atoms with E-state index in [0.717, 1.165) is 34.6 Å². The number of carbonyl (C=O) groups is 1. The van der Waals surface area contributed by atoms with Crippen LogP contribution in [0.2, 0.25) is 0 Å². The lowest BCUT2D eigenvalue weighted by atomic mass is 9.88. The molecule has 0 bridgehead atoms. The topological polar surface area (TPSA) is 35.5 Å². The third-order valence-corrected chi connectivity index (χ3v) is 4.19. The lowest BCUT2D eigenvalue weighted by Crippen LogP contribution is -2.03. The van der Waals surface area contributed by atoms with E-state index in [1.54, 1.807) is 20.3 Å². The van der Waals surface area contributed by atoms with Crippen molar-refractivity contribution in [2.24, 2.45) is 0 Å². The molecule has 24 heavy (non-hydrogen) atoms. The molecule has 122 valence electrons. The standard InChI is InChI=1S/C21H20O3/c1-23-19-11-5-16(6-12-19)21(15-3-9-18(22)10-4-15)17-7-13-20(24-2)14-8-17/h3,5-9,11-14H,4,10H2,1-2H3. The molecule has 0 fully saturated rings. The molecule has 0 spiro atoms. The van der Waals surface area contributed by atoms with Gasteiger partial charge in [0, 0.05) is 6.42 Å². The number of hydrogen-bond acceptors (Lipinski definition) is 3. The fourth-order valence-corrected chi connectivity index (χ4v) is 2.88. The Balaban J connectivity index is 2.10. The molecular weight excluding hydrogens is 300 g/mol. The van der Waals surface area contributed by atoms with Crippen LogP contribution in [-0.4, -0.2) is 20.0 Å². The highest BCUT2D eigenvalue weighted by atomic mass is 16.5. The Bertz CT molecular complexity index is 731. The van der Waals surface area contributed by atoms with E-state index in [4.69, 9.17) is 9.47 Å². The van der Waals surface area contributed by atoms with E-state index >= 15 is 0 Å². The summed E-state index contributed by atoms with van der Waals surface area (Å²) in [7, 11) is 3.32. The summed E-state index contributed by atoms with van der Waals surface area (Å²) in [6.45, 7) is 0. The molecule has 2 aromatic rings. The minimum atomic E-state index is 0.183. The molecule has 1 aliphatic carbocycles. The highest BCUT2D eigenvalue weighted by Gasteiger charge is 2.15. The van der Waals surface area contributed by atoms with Gasteiger partial charge >= 0.3 is 0 Å². The molecule has 0 atom stereocenters. The SMILES string of the molecule is COc1ccc(C(=C2C=CC(=O)CC2)c2ccc(OC)cc2)cc1. The van der Waals surface area contributed by atoms with Gasteiger partial charge in [-0.25, -0.2) is 0 Å². The summed E-state index contributed by atoms with van der Waals surface area (Å²) in [6.07, 6.45) is 4.92. The largest absolute Gasteiger partial charge is 0.497 e. The van der Waals surface area contributed by atoms with Crippen LogP contribution in [0.15, 0.2) is 66.3 Å². The fourth-order valence-electron chi connectivity index (χ4n) is 2.88. The van der Waals surface area contributed by atoms with Crippen molar-refractivity contribution in [2.45, 2.75) is 12.8 Å². The number of allylic oxidation sites excluding steroid dienone is 3. The van der Waals surface area contributed by atoms with Crippen molar-refractivity contribution < 1.29 is 14.3 Å². The maximum absolute atomic E-state index is 11.5. The average molecular weight is 320 g/mol. The van der Waals surface area contributed by atoms with E-state index in [2.05, 4.69) is 24.3 Å². The minimum absolute atomic E-state index is 0.183. The quantitative estimate of drug-likeness (QED) is 0.836. The molecule has 1 aliphatic rings. The van der Waals surface area contributed by atoms with Crippen LogP contribution in [0.25, 0.3) is 5.57 Å². The van der Waals surface area contributed by atoms with E-state index in [1.165, 1.54) is 5.57 Å². The van der Waals surface area contributed by atoms with Crippen molar-refractivity contribution >= 4 is 11.4 Å². The number of hydrogen-bond donors (Lipinski definition) is 0. The summed E-state index contributed by atoms with van der Waals surface area (Å²) < 4.78 is 10.5. The zero-order valence-corrected chi connectivity index (χ0v) is 13.9. The lowest BCUT2D eigenvalue weighted by Gasteiger charge is -2.17. The average Bonchev–Trinajstić information content (AvgIpc) is 2.64. The van der Waals surface area contributed by atoms with Gasteiger partial charge in [-0.15, -0.1) is 0 Å². The highest BCUT2D eigenvalue weighted by molar-refractivity contribution is 5.94. The van der Waals surface area contributed by atoms with Crippen molar-refractivity contribution in [3.05, 3.63) is 77.4 Å². The van der Waals surface area contributed by atoms with Crippen LogP contribution in [-0.2, 0) is 4.79 Å². The van der Waals surface area contributed by atoms with Gasteiger partial charge in [-0.2, -0.15) is 0 Å². The predicted molar refractivity (Wildman–Crippen MR) is 95.4 cm³/mol. The summed E-state index contributed by atoms with van der Waals surface area (Å²) in [4.78, 5) is 11.5. The van der Waals surface area contributed by atoms with Crippen LogP contribution in [0.5, 0.6) is 11.5 Å². The molecule has 3 heteroatoms. The Morgan fingerprint density at radius 1 is 0.750 bits per heavy atom. The molecule has 0 aromatic heterocycles. The number of carbonyl (C=O) groups excluding carboxylic acids is 1. The second kappa shape index (κ2) is 7.18. The molecule has 0 saturated carbocycles. The zero-order chi connectivity index (χ0) is 16.9. The van der Waals surface area contributed by atoms with Crippen molar-refractivity contribution in [3.8, 4) is 11.5 Å². The first-order valence-corrected chi connectivity index (χ1v) is 7.94. The van der Waals surface area contributed by atoms with Gasteiger partial charge in [0.1, 0.15) is 11.5 Å². The van der Waals surface area contributed by atoms with Gasteiger partial charge in [-0.05, 0) is 59.0 Å². The van der Waals surface area contributed by atoms with Gasteiger partial charge < -0.3 is 9.47 Å². The molecule has 0 saturated heterocycles. The molecule has 0 N–H and O–H groups in total. The van der Waals surface area contributed by atoms with Gasteiger partial charge in [0.2, 0.25) is 0 Å². The second-order valence-corrected chi connectivity index (χ2v) is 5.66. The summed E-state index contributed by atoms with van der Waals surface area (Å²) in [6, 6.07) is 16.0. The van der Waals surface area contributed by atoms with E-state index in [0.29, 0.717) is 6.42 Å². The molecular formula is C21H20O3. The van der Waals surface area contributed by atoms with Gasteiger partial charge in [0.25, 0.3) is 0 Å². The first-order valence-electron chi connectivity index (χ1n) is 7.94. The van der Waals surface area contributed by atoms with Gasteiger partial charge in [-0.3, -0.25) is 4.79 Å². The van der Waals surface area contributed by atoms with Crippen LogP contribution < -0.4 is 9.47 Å². The summed E-state index contributed by atoms with van der Waals surface area (Å²) in [5.74, 6) is 1.84. The fraction of sp³-hybridized carbons (Fsp3) is 0.190. The number of ketones is 1. The number of rotatable bonds is 4. The van der Waals surface area contributed by atoms with E-state index < -0.39 is 0 Å². The summed E-state index contributed by atoms with van der Waals surface area (Å²) in [5.41, 5.74) is 4.53. The Kier molecular flexibility index (Phi) is 4.80. The third kappa shape index (κ3) is 3.40. The molecule has 0 radical (unpaired) electrons. The highest BCUT2D eigenvalue weighted by Crippen LogP contribution is 2.33. The van der Waals surface area contributed by atoms with Crippen LogP contribution in [0, 0.1) is 0 Å². The molecule has 0 heterocycles. The number of benzene rings is 2. The molecule has 0 unspecified atom stereocenters. The van der Waals surface area contributed by atoms with Crippen LogP contribution in [0.3, 0.4) is 0 Å². The van der Waals surface area contributed by atoms with Crippen molar-refractivity contribution in [1.82, 2.24) is 0 Å². The van der Waals surface area contributed by atoms with Gasteiger partial charge in [-0.1, -0.05) is 30.3 Å². The van der Waals surface area contributed by atoms with Crippen LogP contribution >= 0.6 is 0 Å². The normalized spacial score (nSPS) is 13.8. The van der Waals surface area contributed by atoms with Gasteiger partial charge in [0.05, 0.1) is 14.2 Å². The first kappa shape index (κ1) is 16.1. The Morgan fingerprint density at radius 2 is 1.25 bits per heavy atom. The second-order valence-electron chi connectivity index (χ2n) is 5.66. The van der Waals surface area contributed by atoms with E-state index in [1.807, 2.05) is 30.3 Å². The lowest BCUT2D eigenvalue weighted by molar-refractivity contribution is -0.114. The predicted octanol–water partition coefficient (Wildman–Crippen LogP) is 4.42. The first-order chi connectivity index (χ1) is 11.7.